The number of carboxylic acid groups (broad SMARTS) is 1. The van der Waals surface area contributed by atoms with Crippen LogP contribution in [0, 0.1) is 6.92 Å². The van der Waals surface area contributed by atoms with Gasteiger partial charge in [-0.15, -0.1) is 11.3 Å². The summed E-state index contributed by atoms with van der Waals surface area (Å²) < 4.78 is 5.46. The van der Waals surface area contributed by atoms with Gasteiger partial charge in [0.2, 0.25) is 0 Å². The van der Waals surface area contributed by atoms with Gasteiger partial charge in [0.25, 0.3) is 0 Å². The second-order valence-corrected chi connectivity index (χ2v) is 5.90. The Balaban J connectivity index is 2.43. The number of ether oxygens (including phenoxy) is 1. The van der Waals surface area contributed by atoms with Crippen molar-refractivity contribution in [2.75, 3.05) is 11.9 Å². The number of hydrogen-bond donors (Lipinski definition) is 2. The normalized spacial score (nSPS) is 10.5. The molecule has 0 amide bonds. The average molecular weight is 346 g/mol. The first-order valence-electron chi connectivity index (χ1n) is 6.14. The first kappa shape index (κ1) is 15.9. The van der Waals surface area contributed by atoms with Gasteiger partial charge >= 0.3 is 5.97 Å². The van der Waals surface area contributed by atoms with Crippen molar-refractivity contribution < 1.29 is 14.6 Å². The maximum atomic E-state index is 11.1. The highest BCUT2D eigenvalue weighted by Gasteiger charge is 2.17. The van der Waals surface area contributed by atoms with Crippen molar-refractivity contribution in [3.63, 3.8) is 0 Å². The Morgan fingerprint density at radius 1 is 1.48 bits per heavy atom. The smallest absolute Gasteiger partial charge is 0.348 e. The number of nitrogens with one attached hydrogen (secondary N) is 1. The minimum absolute atomic E-state index is 0.202. The van der Waals surface area contributed by atoms with Crippen LogP contribution in [0.5, 0.6) is 5.75 Å². The maximum Gasteiger partial charge on any atom is 0.348 e. The summed E-state index contributed by atoms with van der Waals surface area (Å²) in [6, 6.07) is 3.34. The highest BCUT2D eigenvalue weighted by molar-refractivity contribution is 7.12. The summed E-state index contributed by atoms with van der Waals surface area (Å²) in [4.78, 5) is 11.3. The molecule has 2 N–H and O–H groups in total. The summed E-state index contributed by atoms with van der Waals surface area (Å²) in [5.41, 5.74) is 1.68. The third-order valence-corrected chi connectivity index (χ3v) is 4.51. The van der Waals surface area contributed by atoms with E-state index in [0.29, 0.717) is 33.8 Å². The standard InChI is InChI=1S/C14H13Cl2NO3S/c1-3-20-10-6-8(15)12(11(16)7(10)2)17-9-4-5-21-13(9)14(18)19/h4-6,17H,3H2,1-2H3,(H,18,19). The Bertz CT molecular complexity index is 685. The molecule has 0 aliphatic heterocycles. The van der Waals surface area contributed by atoms with Crippen LogP contribution in [0.3, 0.4) is 0 Å². The molecular formula is C14H13Cl2NO3S. The van der Waals surface area contributed by atoms with Crippen LogP contribution in [0.25, 0.3) is 0 Å². The molecule has 0 aliphatic carbocycles. The molecule has 0 atom stereocenters. The first-order valence-corrected chi connectivity index (χ1v) is 7.78. The largest absolute Gasteiger partial charge is 0.493 e. The van der Waals surface area contributed by atoms with Crippen molar-refractivity contribution in [1.29, 1.82) is 0 Å². The van der Waals surface area contributed by atoms with Crippen LogP contribution < -0.4 is 10.1 Å². The number of carboxylic acids is 1. The summed E-state index contributed by atoms with van der Waals surface area (Å²) in [6.45, 7) is 4.20. The topological polar surface area (TPSA) is 58.6 Å². The van der Waals surface area contributed by atoms with Gasteiger partial charge < -0.3 is 15.2 Å². The monoisotopic (exact) mass is 345 g/mol. The number of rotatable bonds is 5. The van der Waals surface area contributed by atoms with Gasteiger partial charge in [0.1, 0.15) is 10.6 Å². The van der Waals surface area contributed by atoms with Gasteiger partial charge in [0, 0.05) is 11.6 Å². The first-order chi connectivity index (χ1) is 9.95. The fraction of sp³-hybridized carbons (Fsp3) is 0.214. The van der Waals surface area contributed by atoms with Crippen molar-refractivity contribution in [1.82, 2.24) is 0 Å². The number of anilines is 2. The quantitative estimate of drug-likeness (QED) is 0.781. The maximum absolute atomic E-state index is 11.1. The van der Waals surface area contributed by atoms with Crippen molar-refractivity contribution >= 4 is 51.9 Å². The summed E-state index contributed by atoms with van der Waals surface area (Å²) in [6.07, 6.45) is 0. The van der Waals surface area contributed by atoms with Gasteiger partial charge in [0.05, 0.1) is 28.0 Å². The minimum Gasteiger partial charge on any atom is -0.493 e. The molecule has 1 aromatic heterocycles. The van der Waals surface area contributed by atoms with E-state index in [2.05, 4.69) is 5.32 Å². The van der Waals surface area contributed by atoms with E-state index in [1.807, 2.05) is 13.8 Å². The number of hydrogen-bond acceptors (Lipinski definition) is 4. The molecule has 2 aromatic rings. The molecule has 0 unspecified atom stereocenters. The molecule has 112 valence electrons. The molecule has 0 fully saturated rings. The summed E-state index contributed by atoms with van der Waals surface area (Å²) in [7, 11) is 0. The summed E-state index contributed by atoms with van der Waals surface area (Å²) >= 11 is 13.7. The van der Waals surface area contributed by atoms with E-state index < -0.39 is 5.97 Å². The predicted molar refractivity (Wildman–Crippen MR) is 86.9 cm³/mol. The minimum atomic E-state index is -0.998. The van der Waals surface area contributed by atoms with Crippen molar-refractivity contribution in [3.05, 3.63) is 38.0 Å². The number of halogens is 2. The van der Waals surface area contributed by atoms with Crippen LogP contribution in [0.15, 0.2) is 17.5 Å². The number of thiophene rings is 1. The van der Waals surface area contributed by atoms with E-state index in [4.69, 9.17) is 33.0 Å². The zero-order chi connectivity index (χ0) is 15.6. The van der Waals surface area contributed by atoms with Crippen molar-refractivity contribution in [3.8, 4) is 5.75 Å². The van der Waals surface area contributed by atoms with Crippen molar-refractivity contribution in [2.24, 2.45) is 0 Å². The van der Waals surface area contributed by atoms with E-state index in [-0.39, 0.29) is 4.88 Å². The molecule has 7 heteroatoms. The molecule has 0 bridgehead atoms. The Morgan fingerprint density at radius 3 is 2.81 bits per heavy atom. The molecular weight excluding hydrogens is 333 g/mol. The van der Waals surface area contributed by atoms with Crippen LogP contribution in [0.2, 0.25) is 10.0 Å². The molecule has 21 heavy (non-hydrogen) atoms. The Kier molecular flexibility index (Phi) is 4.98. The van der Waals surface area contributed by atoms with Crippen molar-refractivity contribution in [2.45, 2.75) is 13.8 Å². The lowest BCUT2D eigenvalue weighted by Gasteiger charge is -2.15. The summed E-state index contributed by atoms with van der Waals surface area (Å²) in [5, 5.41) is 14.6. The van der Waals surface area contributed by atoms with Crippen LogP contribution in [-0.4, -0.2) is 17.7 Å². The van der Waals surface area contributed by atoms with Gasteiger partial charge in [-0.2, -0.15) is 0 Å². The molecule has 0 saturated heterocycles. The number of aromatic carboxylic acids is 1. The third-order valence-electron chi connectivity index (χ3n) is 2.83. The van der Waals surface area contributed by atoms with E-state index in [9.17, 15) is 4.79 Å². The summed E-state index contributed by atoms with van der Waals surface area (Å²) in [5.74, 6) is -0.385. The van der Waals surface area contributed by atoms with E-state index in [0.717, 1.165) is 16.9 Å². The lowest BCUT2D eigenvalue weighted by atomic mass is 10.2. The second kappa shape index (κ2) is 6.56. The second-order valence-electron chi connectivity index (χ2n) is 4.20. The highest BCUT2D eigenvalue weighted by atomic mass is 35.5. The highest BCUT2D eigenvalue weighted by Crippen LogP contribution is 2.41. The van der Waals surface area contributed by atoms with Crippen LogP contribution in [-0.2, 0) is 0 Å². The van der Waals surface area contributed by atoms with Gasteiger partial charge in [-0.05, 0) is 25.3 Å². The van der Waals surface area contributed by atoms with Crippen LogP contribution in [0.4, 0.5) is 11.4 Å². The van der Waals surface area contributed by atoms with Gasteiger partial charge in [-0.25, -0.2) is 4.79 Å². The fourth-order valence-electron chi connectivity index (χ4n) is 1.82. The molecule has 0 spiro atoms. The average Bonchev–Trinajstić information content (AvgIpc) is 2.89. The molecule has 0 radical (unpaired) electrons. The molecule has 4 nitrogen and oxygen atoms in total. The predicted octanol–water partition coefficient (Wildman–Crippen LogP) is 5.20. The molecule has 2 rings (SSSR count). The number of carbonyl (C=O) groups is 1. The number of benzene rings is 1. The van der Waals surface area contributed by atoms with E-state index >= 15 is 0 Å². The Hall–Kier alpha value is -1.43. The van der Waals surface area contributed by atoms with Gasteiger partial charge in [-0.3, -0.25) is 0 Å². The SMILES string of the molecule is CCOc1cc(Cl)c(Nc2ccsc2C(=O)O)c(Cl)c1C. The third kappa shape index (κ3) is 3.26. The Morgan fingerprint density at radius 2 is 2.19 bits per heavy atom. The van der Waals surface area contributed by atoms with E-state index in [1.54, 1.807) is 17.5 Å². The molecule has 1 aromatic carbocycles. The van der Waals surface area contributed by atoms with E-state index in [1.165, 1.54) is 0 Å². The fourth-order valence-corrected chi connectivity index (χ4v) is 3.04. The zero-order valence-corrected chi connectivity index (χ0v) is 13.7. The van der Waals surface area contributed by atoms with Crippen LogP contribution >= 0.6 is 34.5 Å². The van der Waals surface area contributed by atoms with Gasteiger partial charge in [0.15, 0.2) is 0 Å². The Labute approximate surface area is 136 Å². The molecule has 0 aliphatic rings. The van der Waals surface area contributed by atoms with Gasteiger partial charge in [-0.1, -0.05) is 23.2 Å². The zero-order valence-electron chi connectivity index (χ0n) is 11.4. The van der Waals surface area contributed by atoms with Crippen LogP contribution in [0.1, 0.15) is 22.2 Å². The lowest BCUT2D eigenvalue weighted by molar-refractivity contribution is 0.0703. The molecule has 0 saturated carbocycles. The lowest BCUT2D eigenvalue weighted by Crippen LogP contribution is -2.01. The molecule has 1 heterocycles.